The number of nitrogens with two attached hydrogens (primary N) is 2. The lowest BCUT2D eigenvalue weighted by Gasteiger charge is -2.04. The summed E-state index contributed by atoms with van der Waals surface area (Å²) in [6.45, 7) is 1.99. The fraction of sp³-hybridized carbons (Fsp3) is 0.250. The van der Waals surface area contributed by atoms with Gasteiger partial charge in [-0.2, -0.15) is 0 Å². The highest BCUT2D eigenvalue weighted by Crippen LogP contribution is 2.22. The summed E-state index contributed by atoms with van der Waals surface area (Å²) in [4.78, 5) is 10.6. The van der Waals surface area contributed by atoms with Crippen molar-refractivity contribution >= 4 is 23.4 Å². The van der Waals surface area contributed by atoms with Crippen molar-refractivity contribution in [3.8, 4) is 0 Å². The molecule has 0 radical (unpaired) electrons. The van der Waals surface area contributed by atoms with Gasteiger partial charge in [0, 0.05) is 19.0 Å². The standard InChI is InChI=1S/C12H16FN3O/c1-8(17)16-5-3-2-4-9-6-10(13)7-11(14)12(9)15/h2,4,6-7H,3,5,14-15H2,1H3,(H,16,17). The topological polar surface area (TPSA) is 81.1 Å². The second-order valence-corrected chi connectivity index (χ2v) is 3.67. The molecule has 0 spiro atoms. The molecule has 0 fully saturated rings. The molecule has 1 amide bonds. The van der Waals surface area contributed by atoms with Gasteiger partial charge in [0.25, 0.3) is 0 Å². The summed E-state index contributed by atoms with van der Waals surface area (Å²) in [5, 5.41) is 2.65. The molecule has 0 aliphatic heterocycles. The molecule has 0 aromatic heterocycles. The molecular formula is C12H16FN3O. The van der Waals surface area contributed by atoms with Crippen molar-refractivity contribution in [2.75, 3.05) is 18.0 Å². The first-order valence-corrected chi connectivity index (χ1v) is 5.26. The van der Waals surface area contributed by atoms with Crippen molar-refractivity contribution in [3.05, 3.63) is 29.6 Å². The normalized spacial score (nSPS) is 10.7. The zero-order chi connectivity index (χ0) is 12.8. The third kappa shape index (κ3) is 4.14. The van der Waals surface area contributed by atoms with Gasteiger partial charge in [-0.15, -0.1) is 0 Å². The summed E-state index contributed by atoms with van der Waals surface area (Å²) in [5.74, 6) is -0.494. The summed E-state index contributed by atoms with van der Waals surface area (Å²) >= 11 is 0. The fourth-order valence-electron chi connectivity index (χ4n) is 1.34. The van der Waals surface area contributed by atoms with Crippen molar-refractivity contribution in [1.82, 2.24) is 5.32 Å². The molecule has 0 saturated carbocycles. The van der Waals surface area contributed by atoms with E-state index >= 15 is 0 Å². The minimum atomic E-state index is -0.418. The van der Waals surface area contributed by atoms with E-state index in [2.05, 4.69) is 5.32 Å². The van der Waals surface area contributed by atoms with E-state index in [4.69, 9.17) is 11.5 Å². The maximum absolute atomic E-state index is 13.1. The highest BCUT2D eigenvalue weighted by atomic mass is 19.1. The van der Waals surface area contributed by atoms with E-state index in [-0.39, 0.29) is 11.6 Å². The van der Waals surface area contributed by atoms with E-state index in [0.29, 0.717) is 24.2 Å². The molecule has 0 saturated heterocycles. The average Bonchev–Trinajstić information content (AvgIpc) is 2.23. The number of amides is 1. The van der Waals surface area contributed by atoms with Gasteiger partial charge in [0.15, 0.2) is 0 Å². The van der Waals surface area contributed by atoms with Gasteiger partial charge in [0.1, 0.15) is 5.82 Å². The Hall–Kier alpha value is -2.04. The molecule has 0 aliphatic rings. The molecule has 5 N–H and O–H groups in total. The maximum atomic E-state index is 13.1. The van der Waals surface area contributed by atoms with Crippen LogP contribution in [0.5, 0.6) is 0 Å². The summed E-state index contributed by atoms with van der Waals surface area (Å²) < 4.78 is 13.1. The Balaban J connectivity index is 2.62. The number of anilines is 2. The van der Waals surface area contributed by atoms with Crippen LogP contribution >= 0.6 is 0 Å². The number of benzene rings is 1. The number of nitrogen functional groups attached to an aromatic ring is 2. The van der Waals surface area contributed by atoms with Gasteiger partial charge in [0.05, 0.1) is 11.4 Å². The van der Waals surface area contributed by atoms with Gasteiger partial charge in [0.2, 0.25) is 5.91 Å². The van der Waals surface area contributed by atoms with Gasteiger partial charge >= 0.3 is 0 Å². The first-order valence-electron chi connectivity index (χ1n) is 5.26. The van der Waals surface area contributed by atoms with Crippen LogP contribution < -0.4 is 16.8 Å². The van der Waals surface area contributed by atoms with E-state index in [9.17, 15) is 9.18 Å². The molecule has 1 aromatic rings. The molecule has 92 valence electrons. The van der Waals surface area contributed by atoms with Crippen LogP contribution in [0.2, 0.25) is 0 Å². The SMILES string of the molecule is CC(=O)NCCC=Cc1cc(F)cc(N)c1N. The van der Waals surface area contributed by atoms with E-state index in [1.807, 2.05) is 0 Å². The number of carbonyl (C=O) groups is 1. The van der Waals surface area contributed by atoms with Crippen LogP contribution in [0.15, 0.2) is 18.2 Å². The first-order chi connectivity index (χ1) is 8.00. The highest BCUT2D eigenvalue weighted by molar-refractivity contribution is 5.76. The van der Waals surface area contributed by atoms with Crippen LogP contribution in [0, 0.1) is 5.82 Å². The number of carbonyl (C=O) groups excluding carboxylic acids is 1. The molecule has 1 rings (SSSR count). The summed E-state index contributed by atoms with van der Waals surface area (Å²) in [5.41, 5.74) is 12.4. The average molecular weight is 237 g/mol. The molecule has 5 heteroatoms. The summed E-state index contributed by atoms with van der Waals surface area (Å²) in [6.07, 6.45) is 4.15. The van der Waals surface area contributed by atoms with Gasteiger partial charge in [-0.25, -0.2) is 4.39 Å². The lowest BCUT2D eigenvalue weighted by atomic mass is 10.1. The highest BCUT2D eigenvalue weighted by Gasteiger charge is 2.02. The largest absolute Gasteiger partial charge is 0.397 e. The zero-order valence-electron chi connectivity index (χ0n) is 9.66. The van der Waals surface area contributed by atoms with Gasteiger partial charge in [-0.1, -0.05) is 12.2 Å². The third-order valence-corrected chi connectivity index (χ3v) is 2.19. The molecule has 0 aliphatic carbocycles. The second-order valence-electron chi connectivity index (χ2n) is 3.67. The second kappa shape index (κ2) is 5.89. The quantitative estimate of drug-likeness (QED) is 0.548. The Kier molecular flexibility index (Phi) is 4.51. The summed E-state index contributed by atoms with van der Waals surface area (Å²) in [6, 6.07) is 2.50. The molecule has 0 heterocycles. The fourth-order valence-corrected chi connectivity index (χ4v) is 1.34. The molecule has 0 bridgehead atoms. The Morgan fingerprint density at radius 3 is 2.82 bits per heavy atom. The number of hydrogen-bond donors (Lipinski definition) is 3. The molecule has 1 aromatic carbocycles. The Labute approximate surface area is 99.5 Å². The van der Waals surface area contributed by atoms with Crippen LogP contribution in [0.25, 0.3) is 6.08 Å². The molecule has 17 heavy (non-hydrogen) atoms. The van der Waals surface area contributed by atoms with Gasteiger partial charge in [-0.3, -0.25) is 4.79 Å². The van der Waals surface area contributed by atoms with Gasteiger partial charge in [-0.05, 0) is 18.6 Å². The van der Waals surface area contributed by atoms with Crippen molar-refractivity contribution in [3.63, 3.8) is 0 Å². The van der Waals surface area contributed by atoms with Crippen LogP contribution in [0.4, 0.5) is 15.8 Å². The van der Waals surface area contributed by atoms with Crippen LogP contribution in [0.1, 0.15) is 18.9 Å². The lowest BCUT2D eigenvalue weighted by Crippen LogP contribution is -2.20. The van der Waals surface area contributed by atoms with E-state index in [1.165, 1.54) is 19.1 Å². The molecule has 4 nitrogen and oxygen atoms in total. The number of halogens is 1. The minimum absolute atomic E-state index is 0.0760. The lowest BCUT2D eigenvalue weighted by molar-refractivity contribution is -0.118. The molecule has 0 atom stereocenters. The van der Waals surface area contributed by atoms with E-state index in [0.717, 1.165) is 0 Å². The van der Waals surface area contributed by atoms with Crippen LogP contribution in [-0.2, 0) is 4.79 Å². The van der Waals surface area contributed by atoms with Crippen molar-refractivity contribution in [2.45, 2.75) is 13.3 Å². The number of hydrogen-bond acceptors (Lipinski definition) is 3. The summed E-state index contributed by atoms with van der Waals surface area (Å²) in [7, 11) is 0. The van der Waals surface area contributed by atoms with E-state index < -0.39 is 5.82 Å². The smallest absolute Gasteiger partial charge is 0.216 e. The predicted molar refractivity (Wildman–Crippen MR) is 67.6 cm³/mol. The monoisotopic (exact) mass is 237 g/mol. The Morgan fingerprint density at radius 1 is 1.47 bits per heavy atom. The van der Waals surface area contributed by atoms with Crippen molar-refractivity contribution in [1.29, 1.82) is 0 Å². The molecule has 0 unspecified atom stereocenters. The first kappa shape index (κ1) is 13.0. The minimum Gasteiger partial charge on any atom is -0.397 e. The van der Waals surface area contributed by atoms with Crippen molar-refractivity contribution in [2.24, 2.45) is 0 Å². The molecular weight excluding hydrogens is 221 g/mol. The number of rotatable bonds is 4. The Bertz CT molecular complexity index is 444. The Morgan fingerprint density at radius 2 is 2.18 bits per heavy atom. The van der Waals surface area contributed by atoms with Crippen molar-refractivity contribution < 1.29 is 9.18 Å². The third-order valence-electron chi connectivity index (χ3n) is 2.19. The van der Waals surface area contributed by atoms with E-state index in [1.54, 1.807) is 12.2 Å². The predicted octanol–water partition coefficient (Wildman–Crippen LogP) is 1.53. The van der Waals surface area contributed by atoms with Crippen LogP contribution in [0.3, 0.4) is 0 Å². The maximum Gasteiger partial charge on any atom is 0.216 e. The number of nitrogens with one attached hydrogen (secondary N) is 1. The van der Waals surface area contributed by atoms with Gasteiger partial charge < -0.3 is 16.8 Å². The van der Waals surface area contributed by atoms with Crippen LogP contribution in [-0.4, -0.2) is 12.5 Å². The zero-order valence-corrected chi connectivity index (χ0v) is 9.66.